The summed E-state index contributed by atoms with van der Waals surface area (Å²) in [6.45, 7) is 5.51. The molecular weight excluding hydrogens is 338 g/mol. The van der Waals surface area contributed by atoms with Crippen molar-refractivity contribution < 1.29 is 9.53 Å². The lowest BCUT2D eigenvalue weighted by Crippen LogP contribution is -2.47. The fraction of sp³-hybridized carbons (Fsp3) is 0.455. The first-order chi connectivity index (χ1) is 13.0. The van der Waals surface area contributed by atoms with Crippen molar-refractivity contribution in [2.75, 3.05) is 20.2 Å². The van der Waals surface area contributed by atoms with E-state index < -0.39 is 0 Å². The fourth-order valence-electron chi connectivity index (χ4n) is 4.34. The Kier molecular flexibility index (Phi) is 4.64. The third-order valence-corrected chi connectivity index (χ3v) is 5.77. The van der Waals surface area contributed by atoms with Crippen LogP contribution in [0.2, 0.25) is 0 Å². The van der Waals surface area contributed by atoms with Crippen LogP contribution in [0.3, 0.4) is 0 Å². The molecular formula is C22H27N3O2. The number of amides is 1. The highest BCUT2D eigenvalue weighted by Gasteiger charge is 2.50. The second kappa shape index (κ2) is 6.97. The first-order valence-electron chi connectivity index (χ1n) is 9.76. The first-order valence-corrected chi connectivity index (χ1v) is 9.76. The van der Waals surface area contributed by atoms with Gasteiger partial charge in [-0.15, -0.1) is 0 Å². The number of likely N-dealkylation sites (tertiary alicyclic amines) is 1. The van der Waals surface area contributed by atoms with Gasteiger partial charge >= 0.3 is 0 Å². The van der Waals surface area contributed by atoms with Gasteiger partial charge in [0, 0.05) is 19.3 Å². The zero-order chi connectivity index (χ0) is 19.0. The third-order valence-electron chi connectivity index (χ3n) is 5.77. The van der Waals surface area contributed by atoms with Crippen LogP contribution in [0, 0.1) is 6.92 Å². The van der Waals surface area contributed by atoms with Crippen LogP contribution in [0.1, 0.15) is 43.6 Å². The molecule has 1 aromatic heterocycles. The summed E-state index contributed by atoms with van der Waals surface area (Å²) in [4.78, 5) is 19.2. The predicted molar refractivity (Wildman–Crippen MR) is 106 cm³/mol. The topological polar surface area (TPSA) is 54.5 Å². The van der Waals surface area contributed by atoms with Gasteiger partial charge in [0.2, 0.25) is 5.91 Å². The van der Waals surface area contributed by atoms with Crippen molar-refractivity contribution >= 4 is 5.91 Å². The summed E-state index contributed by atoms with van der Waals surface area (Å²) in [5.41, 5.74) is 3.93. The van der Waals surface area contributed by atoms with E-state index in [1.54, 1.807) is 0 Å². The van der Waals surface area contributed by atoms with Crippen molar-refractivity contribution in [3.05, 3.63) is 47.8 Å². The molecule has 1 amide bonds. The molecule has 5 nitrogen and oxygen atoms in total. The van der Waals surface area contributed by atoms with E-state index in [0.717, 1.165) is 54.1 Å². The van der Waals surface area contributed by atoms with E-state index in [-0.39, 0.29) is 17.5 Å². The molecule has 27 heavy (non-hydrogen) atoms. The van der Waals surface area contributed by atoms with Gasteiger partial charge in [0.25, 0.3) is 0 Å². The number of nitrogens with zero attached hydrogens (tertiary/aromatic N) is 2. The molecule has 2 fully saturated rings. The van der Waals surface area contributed by atoms with Gasteiger partial charge in [-0.1, -0.05) is 12.1 Å². The van der Waals surface area contributed by atoms with Crippen molar-refractivity contribution in [1.82, 2.24) is 15.2 Å². The molecule has 0 radical (unpaired) electrons. The van der Waals surface area contributed by atoms with Gasteiger partial charge in [0.15, 0.2) is 0 Å². The Morgan fingerprint density at radius 1 is 1.22 bits per heavy atom. The van der Waals surface area contributed by atoms with Crippen LogP contribution in [0.4, 0.5) is 0 Å². The largest absolute Gasteiger partial charge is 0.494 e. The summed E-state index contributed by atoms with van der Waals surface area (Å²) < 4.78 is 5.54. The van der Waals surface area contributed by atoms with E-state index in [4.69, 9.17) is 9.72 Å². The monoisotopic (exact) mass is 365 g/mol. The smallest absolute Gasteiger partial charge is 0.242 e. The standard InChI is InChI=1S/C22H27N3O2/c1-4-27-18-7-5-16(6-8-18)17-13-15(2)23-20(14-17)19-9-10-22(24-19)11-12-25(3)21(22)26/h5-8,13-14,19,24H,4,9-12H2,1-3H3/t19-,22+/m1/s1. The molecule has 2 aliphatic heterocycles. The van der Waals surface area contributed by atoms with Gasteiger partial charge in [0.1, 0.15) is 11.3 Å². The Morgan fingerprint density at radius 2 is 2.00 bits per heavy atom. The van der Waals surface area contributed by atoms with Gasteiger partial charge in [-0.2, -0.15) is 0 Å². The molecule has 2 aromatic rings. The minimum atomic E-state index is -0.385. The van der Waals surface area contributed by atoms with E-state index in [0.29, 0.717) is 6.61 Å². The molecule has 1 aromatic carbocycles. The summed E-state index contributed by atoms with van der Waals surface area (Å²) in [6, 6.07) is 12.6. The second-order valence-corrected chi connectivity index (χ2v) is 7.67. The summed E-state index contributed by atoms with van der Waals surface area (Å²) in [5.74, 6) is 1.11. The minimum Gasteiger partial charge on any atom is -0.494 e. The Labute approximate surface area is 160 Å². The van der Waals surface area contributed by atoms with Crippen LogP contribution in [-0.4, -0.2) is 41.5 Å². The predicted octanol–water partition coefficient (Wildman–Crippen LogP) is 3.48. The molecule has 4 rings (SSSR count). The average Bonchev–Trinajstić information content (AvgIpc) is 3.22. The van der Waals surface area contributed by atoms with Crippen molar-refractivity contribution in [3.63, 3.8) is 0 Å². The zero-order valence-corrected chi connectivity index (χ0v) is 16.3. The third kappa shape index (κ3) is 3.32. The van der Waals surface area contributed by atoms with Crippen molar-refractivity contribution in [3.8, 4) is 16.9 Å². The molecule has 0 unspecified atom stereocenters. The number of benzene rings is 1. The highest BCUT2D eigenvalue weighted by Crippen LogP contribution is 2.39. The van der Waals surface area contributed by atoms with E-state index in [1.165, 1.54) is 0 Å². The number of aryl methyl sites for hydroxylation is 1. The quantitative estimate of drug-likeness (QED) is 0.901. The minimum absolute atomic E-state index is 0.127. The Morgan fingerprint density at radius 3 is 2.67 bits per heavy atom. The summed E-state index contributed by atoms with van der Waals surface area (Å²) in [5, 5.41) is 3.62. The van der Waals surface area contributed by atoms with Crippen molar-refractivity contribution in [2.24, 2.45) is 0 Å². The number of carbonyl (C=O) groups excluding carboxylic acids is 1. The van der Waals surface area contributed by atoms with Gasteiger partial charge in [-0.3, -0.25) is 15.1 Å². The molecule has 5 heteroatoms. The molecule has 0 bridgehead atoms. The first kappa shape index (κ1) is 18.0. The van der Waals surface area contributed by atoms with Gasteiger partial charge in [-0.25, -0.2) is 0 Å². The fourth-order valence-corrected chi connectivity index (χ4v) is 4.34. The normalized spacial score (nSPS) is 24.8. The molecule has 2 saturated heterocycles. The second-order valence-electron chi connectivity index (χ2n) is 7.67. The Balaban J connectivity index is 1.59. The lowest BCUT2D eigenvalue weighted by Gasteiger charge is -2.23. The van der Waals surface area contributed by atoms with E-state index in [2.05, 4.69) is 29.6 Å². The van der Waals surface area contributed by atoms with Crippen LogP contribution < -0.4 is 10.1 Å². The van der Waals surface area contributed by atoms with Crippen LogP contribution in [0.5, 0.6) is 5.75 Å². The molecule has 0 aliphatic carbocycles. The lowest BCUT2D eigenvalue weighted by molar-refractivity contribution is -0.131. The molecule has 0 saturated carbocycles. The SMILES string of the molecule is CCOc1ccc(-c2cc(C)nc([C@H]3CC[C@@]4(CCN(C)C4=O)N3)c2)cc1. The number of hydrogen-bond acceptors (Lipinski definition) is 4. The Bertz CT molecular complexity index is 849. The number of nitrogens with one attached hydrogen (secondary N) is 1. The number of aromatic nitrogens is 1. The molecule has 1 N–H and O–H groups in total. The number of carbonyl (C=O) groups is 1. The molecule has 3 heterocycles. The number of hydrogen-bond donors (Lipinski definition) is 1. The van der Waals surface area contributed by atoms with E-state index in [9.17, 15) is 4.79 Å². The zero-order valence-electron chi connectivity index (χ0n) is 16.3. The summed E-state index contributed by atoms with van der Waals surface area (Å²) in [6.07, 6.45) is 2.71. The highest BCUT2D eigenvalue weighted by molar-refractivity contribution is 5.88. The molecule has 1 spiro atoms. The van der Waals surface area contributed by atoms with Crippen LogP contribution in [0.15, 0.2) is 36.4 Å². The van der Waals surface area contributed by atoms with Crippen LogP contribution in [0.25, 0.3) is 11.1 Å². The number of ether oxygens (including phenoxy) is 1. The summed E-state index contributed by atoms with van der Waals surface area (Å²) in [7, 11) is 1.89. The van der Waals surface area contributed by atoms with Crippen LogP contribution >= 0.6 is 0 Å². The Hall–Kier alpha value is -2.40. The lowest BCUT2D eigenvalue weighted by atomic mass is 9.96. The highest BCUT2D eigenvalue weighted by atomic mass is 16.5. The maximum atomic E-state index is 12.6. The van der Waals surface area contributed by atoms with Gasteiger partial charge in [-0.05, 0) is 68.5 Å². The van der Waals surface area contributed by atoms with Crippen molar-refractivity contribution in [2.45, 2.75) is 44.7 Å². The maximum Gasteiger partial charge on any atom is 0.242 e. The number of rotatable bonds is 4. The van der Waals surface area contributed by atoms with Gasteiger partial charge in [0.05, 0.1) is 18.3 Å². The van der Waals surface area contributed by atoms with E-state index in [1.807, 2.05) is 37.9 Å². The van der Waals surface area contributed by atoms with Gasteiger partial charge < -0.3 is 9.64 Å². The number of likely N-dealkylation sites (N-methyl/N-ethyl adjacent to an activating group) is 1. The van der Waals surface area contributed by atoms with Crippen LogP contribution in [-0.2, 0) is 4.79 Å². The average molecular weight is 365 g/mol. The molecule has 2 atom stereocenters. The van der Waals surface area contributed by atoms with E-state index >= 15 is 0 Å². The molecule has 2 aliphatic rings. The summed E-state index contributed by atoms with van der Waals surface area (Å²) >= 11 is 0. The maximum absolute atomic E-state index is 12.6. The molecule has 142 valence electrons. The number of pyridine rings is 1. The van der Waals surface area contributed by atoms with Crippen molar-refractivity contribution in [1.29, 1.82) is 0 Å².